The van der Waals surface area contributed by atoms with E-state index in [2.05, 4.69) is 5.43 Å². The number of carboxylic acids is 1. The molecule has 10 nitrogen and oxygen atoms in total. The highest BCUT2D eigenvalue weighted by molar-refractivity contribution is 6.22. The lowest BCUT2D eigenvalue weighted by Crippen LogP contribution is -2.55. The average Bonchev–Trinajstić information content (AvgIpc) is 2.99. The van der Waals surface area contributed by atoms with E-state index in [1.54, 1.807) is 19.1 Å². The van der Waals surface area contributed by atoms with Gasteiger partial charge < -0.3 is 9.84 Å². The van der Waals surface area contributed by atoms with E-state index in [4.69, 9.17) is 4.74 Å². The minimum absolute atomic E-state index is 0.148. The van der Waals surface area contributed by atoms with Crippen molar-refractivity contribution < 1.29 is 33.8 Å². The predicted octanol–water partition coefficient (Wildman–Crippen LogP) is 0.575. The molecule has 2 N–H and O–H groups in total. The van der Waals surface area contributed by atoms with Gasteiger partial charge >= 0.3 is 11.9 Å². The molecule has 2 aliphatic heterocycles. The van der Waals surface area contributed by atoms with Crippen LogP contribution in [0.4, 0.5) is 0 Å². The molecular formula is C20H23N3O7. The zero-order chi connectivity index (χ0) is 21.8. The zero-order valence-corrected chi connectivity index (χ0v) is 16.5. The number of hydrazine groups is 1. The van der Waals surface area contributed by atoms with Crippen molar-refractivity contribution in [2.75, 3.05) is 13.2 Å². The van der Waals surface area contributed by atoms with Crippen LogP contribution in [0.1, 0.15) is 53.3 Å². The highest BCUT2D eigenvalue weighted by Gasteiger charge is 2.43. The van der Waals surface area contributed by atoms with Crippen LogP contribution in [0, 0.1) is 0 Å². The van der Waals surface area contributed by atoms with Gasteiger partial charge in [0.05, 0.1) is 17.7 Å². The Kier molecular flexibility index (Phi) is 6.46. The second kappa shape index (κ2) is 9.04. The van der Waals surface area contributed by atoms with Gasteiger partial charge in [-0.05, 0) is 38.3 Å². The maximum absolute atomic E-state index is 12.6. The minimum atomic E-state index is -1.47. The van der Waals surface area contributed by atoms with Gasteiger partial charge in [-0.1, -0.05) is 12.1 Å². The number of esters is 1. The number of imide groups is 1. The van der Waals surface area contributed by atoms with Gasteiger partial charge in [-0.25, -0.2) is 10.2 Å². The molecule has 0 bridgehead atoms. The molecule has 3 amide bonds. The number of hydrogen-bond donors (Lipinski definition) is 2. The number of fused-ring (bicyclic) bond motifs is 1. The zero-order valence-electron chi connectivity index (χ0n) is 16.5. The largest absolute Gasteiger partial charge is 0.480 e. The first kappa shape index (κ1) is 21.4. The lowest BCUT2D eigenvalue weighted by Gasteiger charge is -2.33. The molecule has 3 rings (SSSR count). The van der Waals surface area contributed by atoms with Gasteiger partial charge in [0.15, 0.2) is 0 Å². The number of aliphatic carboxylic acids is 1. The SMILES string of the molecule is CCOC(=O)[C@@H]1CCCN(C(=O)CC[C@@H](C(=O)O)N2C(=O)c3ccccc3C2=O)N1. The predicted molar refractivity (Wildman–Crippen MR) is 102 cm³/mol. The normalized spacial score (nSPS) is 19.4. The summed E-state index contributed by atoms with van der Waals surface area (Å²) in [7, 11) is 0. The van der Waals surface area contributed by atoms with Crippen LogP contribution < -0.4 is 5.43 Å². The van der Waals surface area contributed by atoms with Crippen molar-refractivity contribution in [2.24, 2.45) is 0 Å². The molecule has 2 heterocycles. The lowest BCUT2D eigenvalue weighted by atomic mass is 10.1. The molecule has 0 unspecified atom stereocenters. The van der Waals surface area contributed by atoms with E-state index in [9.17, 15) is 29.1 Å². The first-order valence-electron chi connectivity index (χ1n) is 9.78. The van der Waals surface area contributed by atoms with E-state index in [1.807, 2.05) is 0 Å². The molecule has 1 saturated heterocycles. The summed E-state index contributed by atoms with van der Waals surface area (Å²) in [5, 5.41) is 10.9. The fourth-order valence-corrected chi connectivity index (χ4v) is 3.63. The molecule has 0 aromatic heterocycles. The third-order valence-electron chi connectivity index (χ3n) is 5.11. The van der Waals surface area contributed by atoms with Crippen molar-refractivity contribution in [2.45, 2.75) is 44.7 Å². The second-order valence-electron chi connectivity index (χ2n) is 7.04. The highest BCUT2D eigenvalue weighted by Crippen LogP contribution is 2.26. The maximum atomic E-state index is 12.6. The van der Waals surface area contributed by atoms with Crippen LogP contribution in [0.15, 0.2) is 24.3 Å². The van der Waals surface area contributed by atoms with E-state index in [-0.39, 0.29) is 30.6 Å². The van der Waals surface area contributed by atoms with Crippen molar-refractivity contribution in [1.29, 1.82) is 0 Å². The molecule has 0 saturated carbocycles. The number of carbonyl (C=O) groups is 5. The quantitative estimate of drug-likeness (QED) is 0.486. The molecule has 30 heavy (non-hydrogen) atoms. The summed E-state index contributed by atoms with van der Waals surface area (Å²) in [6.07, 6.45) is 0.660. The Bertz CT molecular complexity index is 850. The molecule has 1 aromatic rings. The number of carboxylic acid groups (broad SMARTS) is 1. The molecule has 1 aromatic carbocycles. The highest BCUT2D eigenvalue weighted by atomic mass is 16.5. The van der Waals surface area contributed by atoms with Crippen LogP contribution in [-0.4, -0.2) is 69.9 Å². The third-order valence-corrected chi connectivity index (χ3v) is 5.11. The van der Waals surface area contributed by atoms with Gasteiger partial charge in [-0.15, -0.1) is 0 Å². The van der Waals surface area contributed by atoms with Gasteiger partial charge in [0.2, 0.25) is 5.91 Å². The summed E-state index contributed by atoms with van der Waals surface area (Å²) in [5.41, 5.74) is 3.10. The fourth-order valence-electron chi connectivity index (χ4n) is 3.63. The van der Waals surface area contributed by atoms with Crippen LogP contribution >= 0.6 is 0 Å². The Balaban J connectivity index is 1.65. The number of rotatable bonds is 7. The van der Waals surface area contributed by atoms with Crippen molar-refractivity contribution in [3.63, 3.8) is 0 Å². The smallest absolute Gasteiger partial charge is 0.326 e. The van der Waals surface area contributed by atoms with Crippen molar-refractivity contribution in [3.8, 4) is 0 Å². The Labute approximate surface area is 172 Å². The molecule has 0 radical (unpaired) electrons. The molecule has 2 aliphatic rings. The molecule has 1 fully saturated rings. The van der Waals surface area contributed by atoms with Crippen molar-refractivity contribution >= 4 is 29.7 Å². The number of nitrogens with one attached hydrogen (secondary N) is 1. The van der Waals surface area contributed by atoms with E-state index >= 15 is 0 Å². The Hall–Kier alpha value is -3.27. The average molecular weight is 417 g/mol. The summed E-state index contributed by atoms with van der Waals surface area (Å²) in [5.74, 6) is -3.62. The minimum Gasteiger partial charge on any atom is -0.480 e. The lowest BCUT2D eigenvalue weighted by molar-refractivity contribution is -0.151. The van der Waals surface area contributed by atoms with Gasteiger partial charge in [-0.2, -0.15) is 0 Å². The number of carbonyl (C=O) groups excluding carboxylic acids is 4. The first-order chi connectivity index (χ1) is 14.3. The Morgan fingerprint density at radius 1 is 1.20 bits per heavy atom. The molecule has 2 atom stereocenters. The topological polar surface area (TPSA) is 133 Å². The summed E-state index contributed by atoms with van der Waals surface area (Å²) in [6.45, 7) is 2.28. The molecule has 0 spiro atoms. The van der Waals surface area contributed by atoms with E-state index in [1.165, 1.54) is 17.1 Å². The van der Waals surface area contributed by atoms with Gasteiger partial charge in [0, 0.05) is 13.0 Å². The second-order valence-corrected chi connectivity index (χ2v) is 7.04. The number of ether oxygens (including phenoxy) is 1. The summed E-state index contributed by atoms with van der Waals surface area (Å²) in [4.78, 5) is 62.1. The standard InChI is InChI=1S/C20H23N3O7/c1-2-30-20(29)14-8-5-11-22(21-14)16(24)10-9-15(19(27)28)23-17(25)12-6-3-4-7-13(12)18(23)26/h3-4,6-7,14-15,21H,2,5,8-11H2,1H3,(H,27,28)/t14-,15-/m0/s1. The van der Waals surface area contributed by atoms with Crippen LogP contribution in [0.3, 0.4) is 0 Å². The summed E-state index contributed by atoms with van der Waals surface area (Å²) < 4.78 is 4.96. The number of nitrogens with zero attached hydrogens (tertiary/aromatic N) is 2. The van der Waals surface area contributed by atoms with Crippen LogP contribution in [-0.2, 0) is 19.1 Å². The van der Waals surface area contributed by atoms with Crippen molar-refractivity contribution in [1.82, 2.24) is 15.3 Å². The van der Waals surface area contributed by atoms with Crippen molar-refractivity contribution in [3.05, 3.63) is 35.4 Å². The van der Waals surface area contributed by atoms with E-state index in [0.717, 1.165) is 0 Å². The molecular weight excluding hydrogens is 394 g/mol. The van der Waals surface area contributed by atoms with Crippen LogP contribution in [0.5, 0.6) is 0 Å². The fraction of sp³-hybridized carbons (Fsp3) is 0.450. The molecule has 10 heteroatoms. The van der Waals surface area contributed by atoms with Crippen LogP contribution in [0.2, 0.25) is 0 Å². The third kappa shape index (κ3) is 4.18. The monoisotopic (exact) mass is 417 g/mol. The summed E-state index contributed by atoms with van der Waals surface area (Å²) >= 11 is 0. The molecule has 0 aliphatic carbocycles. The van der Waals surface area contributed by atoms with E-state index < -0.39 is 41.7 Å². The number of benzene rings is 1. The summed E-state index contributed by atoms with van der Waals surface area (Å²) in [6, 6.07) is 4.00. The van der Waals surface area contributed by atoms with Gasteiger partial charge in [-0.3, -0.25) is 29.1 Å². The van der Waals surface area contributed by atoms with E-state index in [0.29, 0.717) is 24.3 Å². The number of amides is 3. The van der Waals surface area contributed by atoms with Gasteiger partial charge in [0.25, 0.3) is 11.8 Å². The Morgan fingerprint density at radius 2 is 1.83 bits per heavy atom. The Morgan fingerprint density at radius 3 is 2.40 bits per heavy atom. The number of hydrogen-bond acceptors (Lipinski definition) is 7. The van der Waals surface area contributed by atoms with Crippen LogP contribution in [0.25, 0.3) is 0 Å². The first-order valence-corrected chi connectivity index (χ1v) is 9.78. The van der Waals surface area contributed by atoms with Gasteiger partial charge in [0.1, 0.15) is 12.1 Å². The molecule has 160 valence electrons. The maximum Gasteiger partial charge on any atom is 0.326 e.